The van der Waals surface area contributed by atoms with Crippen molar-refractivity contribution in [3.63, 3.8) is 0 Å². The predicted molar refractivity (Wildman–Crippen MR) is 88.9 cm³/mol. The van der Waals surface area contributed by atoms with E-state index in [0.717, 1.165) is 10.8 Å². The quantitative estimate of drug-likeness (QED) is 0.448. The summed E-state index contributed by atoms with van der Waals surface area (Å²) < 4.78 is 0. The third-order valence-electron chi connectivity index (χ3n) is 3.15. The lowest BCUT2D eigenvalue weighted by Crippen LogP contribution is -1.99. The van der Waals surface area contributed by atoms with Crippen LogP contribution in [0.15, 0.2) is 53.6 Å². The summed E-state index contributed by atoms with van der Waals surface area (Å²) in [4.78, 5) is 10.5. The van der Waals surface area contributed by atoms with E-state index in [1.807, 2.05) is 24.3 Å². The van der Waals surface area contributed by atoms with Gasteiger partial charge in [0.1, 0.15) is 0 Å². The monoisotopic (exact) mass is 327 g/mol. The molecule has 8 heteroatoms. The average Bonchev–Trinajstić information content (AvgIpc) is 2.57. The van der Waals surface area contributed by atoms with Crippen LogP contribution in [0.4, 0.5) is 11.5 Å². The maximum absolute atomic E-state index is 11.0. The number of hydrazone groups is 1. The molecule has 0 saturated carbocycles. The number of fused-ring (bicyclic) bond motifs is 1. The van der Waals surface area contributed by atoms with Crippen molar-refractivity contribution in [2.24, 2.45) is 5.10 Å². The Bertz CT molecular complexity index is 913. The standard InChI is InChI=1S/C15H10ClN5O2/c16-14-11-6-2-3-7-12(11)15(20-18-14)19-17-9-10-5-1-4-8-13(10)21(22)23/h1-9H,(H,19,20)/b17-9+. The van der Waals surface area contributed by atoms with Gasteiger partial charge in [-0.25, -0.2) is 0 Å². The van der Waals surface area contributed by atoms with Crippen LogP contribution in [0.25, 0.3) is 10.8 Å². The zero-order valence-electron chi connectivity index (χ0n) is 11.7. The molecule has 0 amide bonds. The van der Waals surface area contributed by atoms with E-state index in [0.29, 0.717) is 16.5 Å². The fourth-order valence-electron chi connectivity index (χ4n) is 2.08. The summed E-state index contributed by atoms with van der Waals surface area (Å²) in [6, 6.07) is 13.7. The maximum Gasteiger partial charge on any atom is 0.278 e. The average molecular weight is 328 g/mol. The van der Waals surface area contributed by atoms with Crippen LogP contribution >= 0.6 is 11.6 Å². The molecule has 0 saturated heterocycles. The molecule has 23 heavy (non-hydrogen) atoms. The van der Waals surface area contributed by atoms with E-state index < -0.39 is 4.92 Å². The minimum atomic E-state index is -0.459. The summed E-state index contributed by atoms with van der Waals surface area (Å²) in [7, 11) is 0. The molecule has 0 radical (unpaired) electrons. The summed E-state index contributed by atoms with van der Waals surface area (Å²) in [5, 5.41) is 24.6. The highest BCUT2D eigenvalue weighted by Crippen LogP contribution is 2.25. The van der Waals surface area contributed by atoms with Gasteiger partial charge in [-0.05, 0) is 6.07 Å². The van der Waals surface area contributed by atoms with Crippen LogP contribution in [0.1, 0.15) is 5.56 Å². The first-order chi connectivity index (χ1) is 11.2. The van der Waals surface area contributed by atoms with Gasteiger partial charge in [0.15, 0.2) is 11.0 Å². The highest BCUT2D eigenvalue weighted by molar-refractivity contribution is 6.34. The van der Waals surface area contributed by atoms with Crippen LogP contribution in [0.3, 0.4) is 0 Å². The molecular formula is C15H10ClN5O2. The number of benzene rings is 2. The minimum Gasteiger partial charge on any atom is -0.259 e. The van der Waals surface area contributed by atoms with Crippen molar-refractivity contribution in [2.75, 3.05) is 5.43 Å². The highest BCUT2D eigenvalue weighted by atomic mass is 35.5. The molecule has 7 nitrogen and oxygen atoms in total. The molecule has 0 fully saturated rings. The van der Waals surface area contributed by atoms with Gasteiger partial charge in [-0.1, -0.05) is 48.0 Å². The molecule has 1 N–H and O–H groups in total. The van der Waals surface area contributed by atoms with Crippen LogP contribution in [0.2, 0.25) is 5.15 Å². The first-order valence-electron chi connectivity index (χ1n) is 6.60. The van der Waals surface area contributed by atoms with E-state index in [9.17, 15) is 10.1 Å². The number of nitro benzene ring substituents is 1. The third-order valence-corrected chi connectivity index (χ3v) is 3.43. The molecule has 114 valence electrons. The third kappa shape index (κ3) is 3.09. The molecule has 3 rings (SSSR count). The van der Waals surface area contributed by atoms with Crippen molar-refractivity contribution in [3.05, 3.63) is 69.4 Å². The van der Waals surface area contributed by atoms with Gasteiger partial charge in [0.05, 0.1) is 16.7 Å². The molecule has 0 spiro atoms. The highest BCUT2D eigenvalue weighted by Gasteiger charge is 2.10. The second kappa shape index (κ2) is 6.37. The Hall–Kier alpha value is -3.06. The lowest BCUT2D eigenvalue weighted by atomic mass is 10.2. The van der Waals surface area contributed by atoms with Crippen LogP contribution < -0.4 is 5.43 Å². The normalized spacial score (nSPS) is 11.0. The number of aromatic nitrogens is 2. The molecule has 0 aliphatic rings. The topological polar surface area (TPSA) is 93.3 Å². The van der Waals surface area contributed by atoms with E-state index in [4.69, 9.17) is 11.6 Å². The van der Waals surface area contributed by atoms with Gasteiger partial charge in [0, 0.05) is 16.8 Å². The Morgan fingerprint density at radius 1 is 1.09 bits per heavy atom. The molecule has 3 aromatic rings. The van der Waals surface area contributed by atoms with Gasteiger partial charge in [-0.2, -0.15) is 5.10 Å². The SMILES string of the molecule is O=[N+]([O-])c1ccccc1/C=N/Nc1nnc(Cl)c2ccccc12. The Morgan fingerprint density at radius 3 is 2.57 bits per heavy atom. The fourth-order valence-corrected chi connectivity index (χ4v) is 2.28. The van der Waals surface area contributed by atoms with Crippen molar-refractivity contribution in [1.29, 1.82) is 0 Å². The number of para-hydroxylation sites is 1. The summed E-state index contributed by atoms with van der Waals surface area (Å²) in [5.74, 6) is 0.417. The minimum absolute atomic E-state index is 0.0231. The Morgan fingerprint density at radius 2 is 1.78 bits per heavy atom. The van der Waals surface area contributed by atoms with Crippen LogP contribution in [-0.4, -0.2) is 21.3 Å². The molecule has 1 aromatic heterocycles. The van der Waals surface area contributed by atoms with Gasteiger partial charge < -0.3 is 0 Å². The number of hydrogen-bond acceptors (Lipinski definition) is 6. The second-order valence-electron chi connectivity index (χ2n) is 4.57. The van der Waals surface area contributed by atoms with Gasteiger partial charge in [-0.15, -0.1) is 10.2 Å². The van der Waals surface area contributed by atoms with Gasteiger partial charge in [0.25, 0.3) is 5.69 Å². The first-order valence-corrected chi connectivity index (χ1v) is 6.98. The number of nitrogens with zero attached hydrogens (tertiary/aromatic N) is 4. The number of hydrogen-bond donors (Lipinski definition) is 1. The van der Waals surface area contributed by atoms with E-state index in [1.165, 1.54) is 12.3 Å². The summed E-state index contributed by atoms with van der Waals surface area (Å²) in [6.07, 6.45) is 1.36. The van der Waals surface area contributed by atoms with E-state index >= 15 is 0 Å². The summed E-state index contributed by atoms with van der Waals surface area (Å²) in [6.45, 7) is 0. The molecule has 0 bridgehead atoms. The number of anilines is 1. The van der Waals surface area contributed by atoms with Crippen molar-refractivity contribution >= 4 is 40.1 Å². The van der Waals surface area contributed by atoms with Gasteiger partial charge in [-0.3, -0.25) is 15.5 Å². The van der Waals surface area contributed by atoms with Crippen LogP contribution in [0.5, 0.6) is 0 Å². The summed E-state index contributed by atoms with van der Waals surface area (Å²) in [5.41, 5.74) is 3.11. The smallest absolute Gasteiger partial charge is 0.259 e. The van der Waals surface area contributed by atoms with E-state index in [-0.39, 0.29) is 5.69 Å². The maximum atomic E-state index is 11.0. The zero-order valence-corrected chi connectivity index (χ0v) is 12.4. The second-order valence-corrected chi connectivity index (χ2v) is 4.93. The number of nitro groups is 1. The first kappa shape index (κ1) is 14.9. The molecule has 0 unspecified atom stereocenters. The molecule has 0 atom stereocenters. The van der Waals surface area contributed by atoms with Crippen molar-refractivity contribution in [3.8, 4) is 0 Å². The fraction of sp³-hybridized carbons (Fsp3) is 0. The molecule has 2 aromatic carbocycles. The van der Waals surface area contributed by atoms with E-state index in [2.05, 4.69) is 20.7 Å². The lowest BCUT2D eigenvalue weighted by molar-refractivity contribution is -0.385. The van der Waals surface area contributed by atoms with Gasteiger partial charge >= 0.3 is 0 Å². The molecule has 1 heterocycles. The Kier molecular flexibility index (Phi) is 4.11. The van der Waals surface area contributed by atoms with E-state index in [1.54, 1.807) is 18.2 Å². The van der Waals surface area contributed by atoms with Gasteiger partial charge in [0.2, 0.25) is 0 Å². The largest absolute Gasteiger partial charge is 0.278 e. The number of halogens is 1. The Labute approximate surface area is 135 Å². The van der Waals surface area contributed by atoms with Crippen LogP contribution in [-0.2, 0) is 0 Å². The molecule has 0 aliphatic heterocycles. The van der Waals surface area contributed by atoms with Crippen molar-refractivity contribution < 1.29 is 4.92 Å². The lowest BCUT2D eigenvalue weighted by Gasteiger charge is -2.04. The molecular weight excluding hydrogens is 318 g/mol. The predicted octanol–water partition coefficient (Wildman–Crippen LogP) is 3.64. The summed E-state index contributed by atoms with van der Waals surface area (Å²) >= 11 is 6.00. The van der Waals surface area contributed by atoms with Crippen LogP contribution in [0, 0.1) is 10.1 Å². The number of rotatable bonds is 4. The van der Waals surface area contributed by atoms with Crippen molar-refractivity contribution in [2.45, 2.75) is 0 Å². The number of nitrogens with one attached hydrogen (secondary N) is 1. The van der Waals surface area contributed by atoms with Crippen molar-refractivity contribution in [1.82, 2.24) is 10.2 Å². The molecule has 0 aliphatic carbocycles. The Balaban J connectivity index is 1.90. The zero-order chi connectivity index (χ0) is 16.2.